The monoisotopic (exact) mass is 366 g/mol. The Bertz CT molecular complexity index is 728. The predicted octanol–water partition coefficient (Wildman–Crippen LogP) is 4.56. The van der Waals surface area contributed by atoms with E-state index in [1.165, 1.54) is 5.56 Å². The summed E-state index contributed by atoms with van der Waals surface area (Å²) in [5.74, 6) is 2.14. The van der Waals surface area contributed by atoms with Gasteiger partial charge in [0.1, 0.15) is 11.5 Å². The van der Waals surface area contributed by atoms with E-state index in [4.69, 9.17) is 4.74 Å². The fraction of sp³-hybridized carbons (Fsp3) is 0.435. The minimum Gasteiger partial charge on any atom is -0.457 e. The molecule has 1 heterocycles. The molecule has 1 saturated heterocycles. The lowest BCUT2D eigenvalue weighted by atomic mass is 9.96. The Morgan fingerprint density at radius 2 is 1.81 bits per heavy atom. The summed E-state index contributed by atoms with van der Waals surface area (Å²) < 4.78 is 5.95. The maximum atomic E-state index is 12.7. The second-order valence-electron chi connectivity index (χ2n) is 7.15. The van der Waals surface area contributed by atoms with Crippen LogP contribution in [-0.2, 0) is 11.3 Å². The Hall–Kier alpha value is -2.33. The molecule has 1 aliphatic rings. The lowest BCUT2D eigenvalue weighted by Crippen LogP contribution is -2.44. The average molecular weight is 367 g/mol. The van der Waals surface area contributed by atoms with Crippen LogP contribution in [0.4, 0.5) is 0 Å². The molecule has 0 saturated carbocycles. The van der Waals surface area contributed by atoms with Crippen molar-refractivity contribution < 1.29 is 9.53 Å². The topological polar surface area (TPSA) is 32.8 Å². The molecule has 1 fully saturated rings. The molecule has 0 aromatic heterocycles. The molecule has 0 N–H and O–H groups in total. The normalized spacial score (nSPS) is 17.5. The minimum absolute atomic E-state index is 0.127. The van der Waals surface area contributed by atoms with E-state index in [1.54, 1.807) is 0 Å². The molecular formula is C23H30N2O2. The molecular weight excluding hydrogens is 336 g/mol. The van der Waals surface area contributed by atoms with Crippen LogP contribution >= 0.6 is 0 Å². The van der Waals surface area contributed by atoms with E-state index in [0.717, 1.165) is 57.1 Å². The van der Waals surface area contributed by atoms with Crippen molar-refractivity contribution in [1.29, 1.82) is 0 Å². The van der Waals surface area contributed by atoms with Crippen molar-refractivity contribution in [3.05, 3.63) is 60.2 Å². The number of ether oxygens (including phenoxy) is 1. The van der Waals surface area contributed by atoms with Gasteiger partial charge in [-0.05, 0) is 63.1 Å². The number of piperidine rings is 1. The van der Waals surface area contributed by atoms with Crippen LogP contribution in [0.3, 0.4) is 0 Å². The minimum atomic E-state index is 0.127. The smallest absolute Gasteiger partial charge is 0.226 e. The van der Waals surface area contributed by atoms with Gasteiger partial charge in [-0.15, -0.1) is 0 Å². The summed E-state index contributed by atoms with van der Waals surface area (Å²) in [7, 11) is 0. The zero-order valence-electron chi connectivity index (χ0n) is 16.4. The molecule has 2 aromatic carbocycles. The highest BCUT2D eigenvalue weighted by Crippen LogP contribution is 2.24. The Morgan fingerprint density at radius 3 is 2.56 bits per heavy atom. The Balaban J connectivity index is 1.61. The zero-order chi connectivity index (χ0) is 19.1. The largest absolute Gasteiger partial charge is 0.457 e. The van der Waals surface area contributed by atoms with E-state index in [9.17, 15) is 4.79 Å². The SMILES string of the molecule is CCN(CC)C(=O)[C@H]1CCCN(Cc2cccc(Oc3ccccc3)c2)C1. The first-order valence-corrected chi connectivity index (χ1v) is 10.0. The molecule has 0 radical (unpaired) electrons. The summed E-state index contributed by atoms with van der Waals surface area (Å²) in [5.41, 5.74) is 1.22. The fourth-order valence-corrected chi connectivity index (χ4v) is 3.78. The third kappa shape index (κ3) is 5.33. The first-order valence-electron chi connectivity index (χ1n) is 10.0. The molecule has 27 heavy (non-hydrogen) atoms. The van der Waals surface area contributed by atoms with Gasteiger partial charge < -0.3 is 9.64 Å². The highest BCUT2D eigenvalue weighted by atomic mass is 16.5. The lowest BCUT2D eigenvalue weighted by Gasteiger charge is -2.34. The molecule has 3 rings (SSSR count). The van der Waals surface area contributed by atoms with Gasteiger partial charge in [0, 0.05) is 26.2 Å². The van der Waals surface area contributed by atoms with Crippen molar-refractivity contribution in [2.75, 3.05) is 26.2 Å². The zero-order valence-corrected chi connectivity index (χ0v) is 16.4. The van der Waals surface area contributed by atoms with Crippen LogP contribution in [0.15, 0.2) is 54.6 Å². The van der Waals surface area contributed by atoms with Crippen LogP contribution in [0, 0.1) is 5.92 Å². The van der Waals surface area contributed by atoms with Crippen LogP contribution in [0.1, 0.15) is 32.3 Å². The number of para-hydroxylation sites is 1. The first kappa shape index (κ1) is 19.4. The van der Waals surface area contributed by atoms with Gasteiger partial charge in [-0.3, -0.25) is 9.69 Å². The van der Waals surface area contributed by atoms with Crippen LogP contribution < -0.4 is 4.74 Å². The molecule has 1 atom stereocenters. The van der Waals surface area contributed by atoms with Crippen molar-refractivity contribution in [2.24, 2.45) is 5.92 Å². The summed E-state index contributed by atoms with van der Waals surface area (Å²) in [5, 5.41) is 0. The van der Waals surface area contributed by atoms with Crippen molar-refractivity contribution in [1.82, 2.24) is 9.80 Å². The molecule has 2 aromatic rings. The maximum absolute atomic E-state index is 12.7. The molecule has 0 spiro atoms. The van der Waals surface area contributed by atoms with Crippen LogP contribution in [0.2, 0.25) is 0 Å². The van der Waals surface area contributed by atoms with Crippen molar-refractivity contribution in [3.8, 4) is 11.5 Å². The summed E-state index contributed by atoms with van der Waals surface area (Å²) >= 11 is 0. The number of hydrogen-bond acceptors (Lipinski definition) is 3. The van der Waals surface area contributed by atoms with E-state index in [2.05, 4.69) is 30.9 Å². The number of carbonyl (C=O) groups excluding carboxylic acids is 1. The van der Waals surface area contributed by atoms with Gasteiger partial charge in [0.25, 0.3) is 0 Å². The third-order valence-electron chi connectivity index (χ3n) is 5.21. The number of nitrogens with zero attached hydrogens (tertiary/aromatic N) is 2. The van der Waals surface area contributed by atoms with Gasteiger partial charge in [-0.1, -0.05) is 30.3 Å². The highest BCUT2D eigenvalue weighted by Gasteiger charge is 2.28. The molecule has 4 heteroatoms. The first-order chi connectivity index (χ1) is 13.2. The molecule has 1 aliphatic heterocycles. The molecule has 144 valence electrons. The highest BCUT2D eigenvalue weighted by molar-refractivity contribution is 5.79. The van der Waals surface area contributed by atoms with Gasteiger partial charge in [-0.25, -0.2) is 0 Å². The average Bonchev–Trinajstić information content (AvgIpc) is 2.70. The van der Waals surface area contributed by atoms with Crippen molar-refractivity contribution >= 4 is 5.91 Å². The Labute approximate surface area is 162 Å². The fourth-order valence-electron chi connectivity index (χ4n) is 3.78. The summed E-state index contributed by atoms with van der Waals surface area (Å²) in [6, 6.07) is 18.1. The lowest BCUT2D eigenvalue weighted by molar-refractivity contribution is -0.137. The van der Waals surface area contributed by atoms with Gasteiger partial charge >= 0.3 is 0 Å². The molecule has 4 nitrogen and oxygen atoms in total. The summed E-state index contributed by atoms with van der Waals surface area (Å²) in [6.07, 6.45) is 2.08. The number of carbonyl (C=O) groups is 1. The Kier molecular flexibility index (Phi) is 6.88. The molecule has 1 amide bonds. The summed E-state index contributed by atoms with van der Waals surface area (Å²) in [6.45, 7) is 8.45. The van der Waals surface area contributed by atoms with Crippen molar-refractivity contribution in [3.63, 3.8) is 0 Å². The third-order valence-corrected chi connectivity index (χ3v) is 5.21. The molecule has 0 unspecified atom stereocenters. The van der Waals surface area contributed by atoms with E-state index in [1.807, 2.05) is 47.4 Å². The van der Waals surface area contributed by atoms with Gasteiger partial charge in [0.15, 0.2) is 0 Å². The second-order valence-corrected chi connectivity index (χ2v) is 7.15. The number of likely N-dealkylation sites (tertiary alicyclic amines) is 1. The second kappa shape index (κ2) is 9.56. The van der Waals surface area contributed by atoms with Crippen LogP contribution in [0.25, 0.3) is 0 Å². The quantitative estimate of drug-likeness (QED) is 0.720. The van der Waals surface area contributed by atoms with Crippen molar-refractivity contribution in [2.45, 2.75) is 33.2 Å². The molecule has 0 bridgehead atoms. The number of benzene rings is 2. The predicted molar refractivity (Wildman–Crippen MR) is 109 cm³/mol. The van der Waals surface area contributed by atoms with Crippen LogP contribution in [-0.4, -0.2) is 41.9 Å². The summed E-state index contributed by atoms with van der Waals surface area (Å²) in [4.78, 5) is 17.1. The van der Waals surface area contributed by atoms with E-state index >= 15 is 0 Å². The Morgan fingerprint density at radius 1 is 1.07 bits per heavy atom. The van der Waals surface area contributed by atoms with Gasteiger partial charge in [-0.2, -0.15) is 0 Å². The maximum Gasteiger partial charge on any atom is 0.226 e. The number of hydrogen-bond donors (Lipinski definition) is 0. The number of rotatable bonds is 7. The van der Waals surface area contributed by atoms with Gasteiger partial charge in [0.05, 0.1) is 5.92 Å². The molecule has 0 aliphatic carbocycles. The standard InChI is InChI=1S/C23H30N2O2/c1-3-25(4-2)23(26)20-11-9-15-24(18-20)17-19-10-8-14-22(16-19)27-21-12-6-5-7-13-21/h5-8,10,12-14,16,20H,3-4,9,11,15,17-18H2,1-2H3/t20-/m0/s1. The van der Waals surface area contributed by atoms with E-state index < -0.39 is 0 Å². The number of amides is 1. The van der Waals surface area contributed by atoms with Gasteiger partial charge in [0.2, 0.25) is 5.91 Å². The van der Waals surface area contributed by atoms with E-state index in [-0.39, 0.29) is 5.92 Å². The van der Waals surface area contributed by atoms with E-state index in [0.29, 0.717) is 5.91 Å². The van der Waals surface area contributed by atoms with Crippen LogP contribution in [0.5, 0.6) is 11.5 Å².